The minimum atomic E-state index is 0.0219. The topological polar surface area (TPSA) is 71.3 Å². The molecule has 3 rings (SSSR count). The van der Waals surface area contributed by atoms with E-state index < -0.39 is 0 Å². The van der Waals surface area contributed by atoms with E-state index in [4.69, 9.17) is 16.0 Å². The molecular formula is C13H13ClN4O2. The number of carbonyl (C=O) groups is 1. The van der Waals surface area contributed by atoms with Gasteiger partial charge in [0.05, 0.1) is 13.1 Å². The fourth-order valence-corrected chi connectivity index (χ4v) is 2.17. The maximum absolute atomic E-state index is 11.3. The zero-order valence-corrected chi connectivity index (χ0v) is 11.4. The van der Waals surface area contributed by atoms with Crippen LogP contribution in [0.15, 0.2) is 28.7 Å². The maximum atomic E-state index is 11.3. The molecule has 1 aliphatic heterocycles. The molecule has 104 valence electrons. The number of carbonyl (C=O) groups excluding carboxylic acids is 1. The highest BCUT2D eigenvalue weighted by molar-refractivity contribution is 6.30. The Balaban J connectivity index is 1.70. The van der Waals surface area contributed by atoms with E-state index in [9.17, 15) is 4.79 Å². The van der Waals surface area contributed by atoms with Crippen molar-refractivity contribution in [2.24, 2.45) is 0 Å². The highest BCUT2D eigenvalue weighted by Gasteiger charge is 2.18. The quantitative estimate of drug-likeness (QED) is 0.924. The van der Waals surface area contributed by atoms with Crippen LogP contribution in [0.25, 0.3) is 11.5 Å². The lowest BCUT2D eigenvalue weighted by Gasteiger charge is -2.24. The van der Waals surface area contributed by atoms with Crippen molar-refractivity contribution in [3.8, 4) is 11.5 Å². The molecule has 1 amide bonds. The van der Waals surface area contributed by atoms with Crippen molar-refractivity contribution in [2.45, 2.75) is 6.54 Å². The number of halogens is 1. The first-order valence-electron chi connectivity index (χ1n) is 6.28. The number of rotatable bonds is 3. The van der Waals surface area contributed by atoms with Crippen LogP contribution in [0.4, 0.5) is 0 Å². The van der Waals surface area contributed by atoms with Gasteiger partial charge in [0, 0.05) is 23.7 Å². The lowest BCUT2D eigenvalue weighted by atomic mass is 10.2. The molecule has 0 bridgehead atoms. The van der Waals surface area contributed by atoms with Crippen LogP contribution < -0.4 is 5.32 Å². The highest BCUT2D eigenvalue weighted by Crippen LogP contribution is 2.20. The Morgan fingerprint density at radius 1 is 1.30 bits per heavy atom. The summed E-state index contributed by atoms with van der Waals surface area (Å²) in [6.45, 7) is 2.27. The van der Waals surface area contributed by atoms with Crippen LogP contribution in [-0.4, -0.2) is 40.6 Å². The molecule has 1 aromatic carbocycles. The number of hydrogen-bond donors (Lipinski definition) is 1. The summed E-state index contributed by atoms with van der Waals surface area (Å²) in [4.78, 5) is 13.3. The highest BCUT2D eigenvalue weighted by atomic mass is 35.5. The normalized spacial score (nSPS) is 16.1. The van der Waals surface area contributed by atoms with Crippen molar-refractivity contribution in [1.29, 1.82) is 0 Å². The summed E-state index contributed by atoms with van der Waals surface area (Å²) in [5.41, 5.74) is 0.824. The van der Waals surface area contributed by atoms with Gasteiger partial charge in [-0.1, -0.05) is 11.6 Å². The lowest BCUT2D eigenvalue weighted by molar-refractivity contribution is -0.124. The molecule has 0 saturated carbocycles. The fourth-order valence-electron chi connectivity index (χ4n) is 2.04. The van der Waals surface area contributed by atoms with E-state index >= 15 is 0 Å². The van der Waals surface area contributed by atoms with Gasteiger partial charge < -0.3 is 9.73 Å². The van der Waals surface area contributed by atoms with Crippen molar-refractivity contribution < 1.29 is 9.21 Å². The van der Waals surface area contributed by atoms with Crippen LogP contribution in [0.5, 0.6) is 0 Å². The van der Waals surface area contributed by atoms with Gasteiger partial charge >= 0.3 is 0 Å². The number of piperazine rings is 1. The van der Waals surface area contributed by atoms with Gasteiger partial charge in [-0.25, -0.2) is 0 Å². The summed E-state index contributed by atoms with van der Waals surface area (Å²) >= 11 is 5.84. The molecule has 0 spiro atoms. The van der Waals surface area contributed by atoms with Crippen molar-refractivity contribution in [3.05, 3.63) is 35.2 Å². The number of aromatic nitrogens is 2. The molecule has 1 N–H and O–H groups in total. The van der Waals surface area contributed by atoms with Crippen molar-refractivity contribution in [1.82, 2.24) is 20.4 Å². The van der Waals surface area contributed by atoms with Crippen LogP contribution in [-0.2, 0) is 11.3 Å². The van der Waals surface area contributed by atoms with Crippen LogP contribution >= 0.6 is 11.6 Å². The van der Waals surface area contributed by atoms with Crippen molar-refractivity contribution in [2.75, 3.05) is 19.6 Å². The number of nitrogens with one attached hydrogen (secondary N) is 1. The Labute approximate surface area is 120 Å². The van der Waals surface area contributed by atoms with Gasteiger partial charge in [-0.2, -0.15) is 0 Å². The molecule has 1 aliphatic rings. The Kier molecular flexibility index (Phi) is 3.66. The number of hydrogen-bond acceptors (Lipinski definition) is 5. The molecule has 6 nitrogen and oxygen atoms in total. The molecule has 0 unspecified atom stereocenters. The minimum absolute atomic E-state index is 0.0219. The smallest absolute Gasteiger partial charge is 0.247 e. The predicted octanol–water partition coefficient (Wildman–Crippen LogP) is 1.32. The van der Waals surface area contributed by atoms with E-state index in [0.717, 1.165) is 12.1 Å². The van der Waals surface area contributed by atoms with E-state index in [2.05, 4.69) is 15.5 Å². The predicted molar refractivity (Wildman–Crippen MR) is 73.0 cm³/mol. The summed E-state index contributed by atoms with van der Waals surface area (Å²) in [5.74, 6) is 0.983. The first kappa shape index (κ1) is 13.1. The third-order valence-electron chi connectivity index (χ3n) is 3.03. The molecule has 20 heavy (non-hydrogen) atoms. The Bertz CT molecular complexity index is 611. The average Bonchev–Trinajstić information content (AvgIpc) is 2.88. The molecule has 2 aromatic rings. The van der Waals surface area contributed by atoms with Gasteiger partial charge in [0.1, 0.15) is 0 Å². The van der Waals surface area contributed by atoms with E-state index in [1.54, 1.807) is 12.1 Å². The minimum Gasteiger partial charge on any atom is -0.419 e. The summed E-state index contributed by atoms with van der Waals surface area (Å²) < 4.78 is 5.61. The first-order valence-corrected chi connectivity index (χ1v) is 6.66. The number of nitrogens with zero attached hydrogens (tertiary/aromatic N) is 3. The largest absolute Gasteiger partial charge is 0.419 e. The Hall–Kier alpha value is -1.92. The standard InChI is InChI=1S/C13H13ClN4O2/c14-10-3-1-9(2-4-10)13-17-16-12(20-13)8-18-6-5-15-11(19)7-18/h1-4H,5-8H2,(H,15,19). The van der Waals surface area contributed by atoms with Gasteiger partial charge in [0.25, 0.3) is 0 Å². The Morgan fingerprint density at radius 3 is 2.85 bits per heavy atom. The molecule has 7 heteroatoms. The Morgan fingerprint density at radius 2 is 2.10 bits per heavy atom. The molecular weight excluding hydrogens is 280 g/mol. The van der Waals surface area contributed by atoms with Crippen molar-refractivity contribution >= 4 is 17.5 Å². The van der Waals surface area contributed by atoms with Crippen LogP contribution in [0.3, 0.4) is 0 Å². The second-order valence-electron chi connectivity index (χ2n) is 4.57. The van der Waals surface area contributed by atoms with Gasteiger partial charge in [-0.15, -0.1) is 10.2 Å². The van der Waals surface area contributed by atoms with Crippen LogP contribution in [0.2, 0.25) is 5.02 Å². The fraction of sp³-hybridized carbons (Fsp3) is 0.308. The summed E-state index contributed by atoms with van der Waals surface area (Å²) in [6, 6.07) is 7.20. The van der Waals surface area contributed by atoms with Crippen LogP contribution in [0.1, 0.15) is 5.89 Å². The molecule has 0 aliphatic carbocycles. The third-order valence-corrected chi connectivity index (χ3v) is 3.29. The summed E-state index contributed by atoms with van der Waals surface area (Å²) in [7, 11) is 0. The molecule has 2 heterocycles. The third kappa shape index (κ3) is 2.97. The van der Waals surface area contributed by atoms with E-state index in [1.807, 2.05) is 17.0 Å². The molecule has 1 saturated heterocycles. The molecule has 0 atom stereocenters. The zero-order valence-electron chi connectivity index (χ0n) is 10.7. The second-order valence-corrected chi connectivity index (χ2v) is 5.00. The van der Waals surface area contributed by atoms with Crippen molar-refractivity contribution in [3.63, 3.8) is 0 Å². The molecule has 0 radical (unpaired) electrons. The molecule has 1 fully saturated rings. The average molecular weight is 293 g/mol. The van der Waals surface area contributed by atoms with E-state index in [1.165, 1.54) is 0 Å². The summed E-state index contributed by atoms with van der Waals surface area (Å²) in [5, 5.41) is 11.5. The number of amides is 1. The van der Waals surface area contributed by atoms with Gasteiger partial charge in [0.2, 0.25) is 17.7 Å². The van der Waals surface area contributed by atoms with E-state index in [0.29, 0.717) is 36.4 Å². The zero-order chi connectivity index (χ0) is 13.9. The summed E-state index contributed by atoms with van der Waals surface area (Å²) in [6.07, 6.45) is 0. The van der Waals surface area contributed by atoms with Gasteiger partial charge in [-0.05, 0) is 24.3 Å². The van der Waals surface area contributed by atoms with Gasteiger partial charge in [0.15, 0.2) is 0 Å². The molecule has 1 aromatic heterocycles. The monoisotopic (exact) mass is 292 g/mol. The van der Waals surface area contributed by atoms with Gasteiger partial charge in [-0.3, -0.25) is 9.69 Å². The second kappa shape index (κ2) is 5.60. The van der Waals surface area contributed by atoms with Crippen LogP contribution in [0, 0.1) is 0 Å². The maximum Gasteiger partial charge on any atom is 0.247 e. The lowest BCUT2D eigenvalue weighted by Crippen LogP contribution is -2.47. The first-order chi connectivity index (χ1) is 9.70. The van der Waals surface area contributed by atoms with E-state index in [-0.39, 0.29) is 5.91 Å². The number of benzene rings is 1. The SMILES string of the molecule is O=C1CN(Cc2nnc(-c3ccc(Cl)cc3)o2)CCN1.